The Morgan fingerprint density at radius 3 is 2.32 bits per heavy atom. The highest BCUT2D eigenvalue weighted by molar-refractivity contribution is 7.89. The van der Waals surface area contributed by atoms with E-state index >= 15 is 0 Å². The van der Waals surface area contributed by atoms with Crippen molar-refractivity contribution in [2.75, 3.05) is 45.2 Å². The molecule has 0 radical (unpaired) electrons. The number of methoxy groups -OCH3 is 1. The summed E-state index contributed by atoms with van der Waals surface area (Å²) in [6, 6.07) is 4.81. The quantitative estimate of drug-likeness (QED) is 0.749. The van der Waals surface area contributed by atoms with Gasteiger partial charge in [0.1, 0.15) is 10.6 Å². The molecule has 2 saturated heterocycles. The summed E-state index contributed by atoms with van der Waals surface area (Å²) in [5, 5.41) is 2.84. The van der Waals surface area contributed by atoms with Gasteiger partial charge in [-0.2, -0.15) is 4.31 Å². The van der Waals surface area contributed by atoms with Gasteiger partial charge < -0.3 is 15.0 Å². The smallest absolute Gasteiger partial charge is 0.246 e. The molecule has 0 spiro atoms. The first-order valence-electron chi connectivity index (χ1n) is 10.2. The summed E-state index contributed by atoms with van der Waals surface area (Å²) >= 11 is 0. The molecule has 1 aromatic rings. The SMILES string of the molecule is COc1ccc(NC(=O)CCN2CCCCC2)cc1S(=O)(=O)N1CCCCC1. The lowest BCUT2D eigenvalue weighted by molar-refractivity contribution is -0.116. The fraction of sp³-hybridized carbons (Fsp3) is 0.650. The first-order chi connectivity index (χ1) is 13.5. The molecule has 3 rings (SSSR count). The molecule has 1 amide bonds. The third-order valence-corrected chi connectivity index (χ3v) is 7.40. The van der Waals surface area contributed by atoms with Crippen LogP contribution in [0.5, 0.6) is 5.75 Å². The maximum absolute atomic E-state index is 13.1. The zero-order valence-electron chi connectivity index (χ0n) is 16.7. The average Bonchev–Trinajstić information content (AvgIpc) is 2.73. The number of hydrogen-bond acceptors (Lipinski definition) is 5. The van der Waals surface area contributed by atoms with Crippen molar-refractivity contribution in [3.63, 3.8) is 0 Å². The predicted molar refractivity (Wildman–Crippen MR) is 109 cm³/mol. The molecule has 0 aliphatic carbocycles. The highest BCUT2D eigenvalue weighted by atomic mass is 32.2. The molecule has 8 heteroatoms. The number of ether oxygens (including phenoxy) is 1. The number of nitrogens with one attached hydrogen (secondary N) is 1. The molecule has 0 aromatic heterocycles. The number of likely N-dealkylation sites (tertiary alicyclic amines) is 1. The molecule has 2 fully saturated rings. The van der Waals surface area contributed by atoms with Gasteiger partial charge in [0.2, 0.25) is 15.9 Å². The van der Waals surface area contributed by atoms with Crippen molar-refractivity contribution in [3.8, 4) is 5.75 Å². The highest BCUT2D eigenvalue weighted by Gasteiger charge is 2.29. The van der Waals surface area contributed by atoms with Crippen LogP contribution >= 0.6 is 0 Å². The number of piperidine rings is 2. The molecule has 2 aliphatic heterocycles. The standard InChI is InChI=1S/C20H31N3O4S/c1-27-18-9-8-17(21-20(24)10-15-22-11-4-2-5-12-22)16-19(18)28(25,26)23-13-6-3-7-14-23/h8-9,16H,2-7,10-15H2,1H3,(H,21,24). The van der Waals surface area contributed by atoms with E-state index in [0.717, 1.165) is 38.9 Å². The Hall–Kier alpha value is -1.64. The van der Waals surface area contributed by atoms with E-state index in [-0.39, 0.29) is 10.8 Å². The topological polar surface area (TPSA) is 79.0 Å². The van der Waals surface area contributed by atoms with Gasteiger partial charge in [-0.05, 0) is 57.0 Å². The highest BCUT2D eigenvalue weighted by Crippen LogP contribution is 2.31. The van der Waals surface area contributed by atoms with Crippen LogP contribution in [0.15, 0.2) is 23.1 Å². The van der Waals surface area contributed by atoms with Crippen LogP contribution in [0.25, 0.3) is 0 Å². The Morgan fingerprint density at radius 2 is 1.68 bits per heavy atom. The van der Waals surface area contributed by atoms with Crippen molar-refractivity contribution in [2.45, 2.75) is 49.8 Å². The minimum atomic E-state index is -3.64. The summed E-state index contributed by atoms with van der Waals surface area (Å²) in [5.41, 5.74) is 0.486. The van der Waals surface area contributed by atoms with E-state index in [1.165, 1.54) is 36.7 Å². The monoisotopic (exact) mass is 409 g/mol. The molecular formula is C20H31N3O4S. The lowest BCUT2D eigenvalue weighted by Crippen LogP contribution is -2.35. The molecule has 0 saturated carbocycles. The van der Waals surface area contributed by atoms with Gasteiger partial charge in [0, 0.05) is 31.7 Å². The van der Waals surface area contributed by atoms with Crippen LogP contribution in [-0.2, 0) is 14.8 Å². The molecule has 156 valence electrons. The van der Waals surface area contributed by atoms with Crippen LogP contribution in [0.2, 0.25) is 0 Å². The number of benzene rings is 1. The zero-order valence-corrected chi connectivity index (χ0v) is 17.5. The summed E-state index contributed by atoms with van der Waals surface area (Å²) in [5.74, 6) is 0.203. The van der Waals surface area contributed by atoms with Crippen molar-refractivity contribution in [1.29, 1.82) is 0 Å². The number of rotatable bonds is 7. The molecule has 2 aliphatic rings. The number of nitrogens with zero attached hydrogens (tertiary/aromatic N) is 2. The summed E-state index contributed by atoms with van der Waals surface area (Å²) in [6.45, 7) is 3.89. The van der Waals surface area contributed by atoms with Gasteiger partial charge >= 0.3 is 0 Å². The third-order valence-electron chi connectivity index (χ3n) is 5.48. The van der Waals surface area contributed by atoms with Crippen LogP contribution in [0.4, 0.5) is 5.69 Å². The molecule has 1 aromatic carbocycles. The fourth-order valence-electron chi connectivity index (χ4n) is 3.87. The molecular weight excluding hydrogens is 378 g/mol. The minimum absolute atomic E-state index is 0.0999. The second-order valence-corrected chi connectivity index (χ2v) is 9.44. The van der Waals surface area contributed by atoms with E-state index in [1.807, 2.05) is 0 Å². The maximum atomic E-state index is 13.1. The third kappa shape index (κ3) is 5.24. The minimum Gasteiger partial charge on any atom is -0.495 e. The molecule has 0 unspecified atom stereocenters. The number of hydrogen-bond donors (Lipinski definition) is 1. The van der Waals surface area contributed by atoms with Gasteiger partial charge in [-0.15, -0.1) is 0 Å². The van der Waals surface area contributed by atoms with Gasteiger partial charge in [0.05, 0.1) is 7.11 Å². The molecule has 7 nitrogen and oxygen atoms in total. The first-order valence-corrected chi connectivity index (χ1v) is 11.6. The second kappa shape index (κ2) is 9.71. The van der Waals surface area contributed by atoms with Crippen molar-refractivity contribution in [3.05, 3.63) is 18.2 Å². The summed E-state index contributed by atoms with van der Waals surface area (Å²) < 4.78 is 32.9. The predicted octanol–water partition coefficient (Wildman–Crippen LogP) is 2.68. The maximum Gasteiger partial charge on any atom is 0.246 e. The molecule has 28 heavy (non-hydrogen) atoms. The molecule has 0 atom stereocenters. The molecule has 0 bridgehead atoms. The van der Waals surface area contributed by atoms with Crippen LogP contribution in [0.3, 0.4) is 0 Å². The van der Waals surface area contributed by atoms with E-state index in [2.05, 4.69) is 10.2 Å². The lowest BCUT2D eigenvalue weighted by Gasteiger charge is -2.27. The average molecular weight is 410 g/mol. The largest absolute Gasteiger partial charge is 0.495 e. The summed E-state index contributed by atoms with van der Waals surface area (Å²) in [6.07, 6.45) is 6.85. The van der Waals surface area contributed by atoms with Crippen molar-refractivity contribution in [2.24, 2.45) is 0 Å². The number of amides is 1. The van der Waals surface area contributed by atoms with Gasteiger partial charge in [0.15, 0.2) is 0 Å². The first kappa shape index (κ1) is 21.1. The fourth-order valence-corrected chi connectivity index (χ4v) is 5.57. The summed E-state index contributed by atoms with van der Waals surface area (Å²) in [4.78, 5) is 14.8. The normalized spacial score (nSPS) is 19.3. The Labute approximate surface area is 168 Å². The number of sulfonamides is 1. The number of carbonyl (C=O) groups excluding carboxylic acids is 1. The van der Waals surface area contributed by atoms with Crippen LogP contribution in [0, 0.1) is 0 Å². The number of carbonyl (C=O) groups is 1. The van der Waals surface area contributed by atoms with Crippen molar-refractivity contribution >= 4 is 21.6 Å². The van der Waals surface area contributed by atoms with E-state index in [1.54, 1.807) is 12.1 Å². The lowest BCUT2D eigenvalue weighted by atomic mass is 10.1. The van der Waals surface area contributed by atoms with Crippen LogP contribution in [0.1, 0.15) is 44.9 Å². The van der Waals surface area contributed by atoms with Gasteiger partial charge in [-0.3, -0.25) is 4.79 Å². The Morgan fingerprint density at radius 1 is 1.04 bits per heavy atom. The number of anilines is 1. The van der Waals surface area contributed by atoms with Gasteiger partial charge in [-0.1, -0.05) is 12.8 Å². The van der Waals surface area contributed by atoms with Crippen LogP contribution in [-0.4, -0.2) is 63.4 Å². The van der Waals surface area contributed by atoms with Crippen molar-refractivity contribution < 1.29 is 17.9 Å². The van der Waals surface area contributed by atoms with Gasteiger partial charge in [0.25, 0.3) is 0 Å². The molecule has 1 N–H and O–H groups in total. The van der Waals surface area contributed by atoms with Gasteiger partial charge in [-0.25, -0.2) is 8.42 Å². The van der Waals surface area contributed by atoms with E-state index in [0.29, 0.717) is 30.9 Å². The van der Waals surface area contributed by atoms with E-state index in [4.69, 9.17) is 4.74 Å². The van der Waals surface area contributed by atoms with Crippen molar-refractivity contribution in [1.82, 2.24) is 9.21 Å². The van der Waals surface area contributed by atoms with E-state index < -0.39 is 10.0 Å². The van der Waals surface area contributed by atoms with Crippen LogP contribution < -0.4 is 10.1 Å². The molecule has 2 heterocycles. The summed E-state index contributed by atoms with van der Waals surface area (Å²) in [7, 11) is -2.18. The Balaban J connectivity index is 1.68. The zero-order chi connectivity index (χ0) is 20.0. The van der Waals surface area contributed by atoms with E-state index in [9.17, 15) is 13.2 Å². The second-order valence-electron chi connectivity index (χ2n) is 7.53. The Bertz CT molecular complexity index is 770. The Kier molecular flexibility index (Phi) is 7.31.